The van der Waals surface area contributed by atoms with E-state index in [2.05, 4.69) is 37.3 Å². The molecule has 1 aliphatic carbocycles. The predicted molar refractivity (Wildman–Crippen MR) is 219 cm³/mol. The number of nitrogens with zero attached hydrogens (tertiary/aromatic N) is 7. The lowest BCUT2D eigenvalue weighted by atomic mass is 9.68. The maximum Gasteiger partial charge on any atom is 0.269 e. The van der Waals surface area contributed by atoms with Crippen LogP contribution in [0.3, 0.4) is 0 Å². The largest absolute Gasteiger partial charge is 0.494 e. The number of methoxy groups -OCH3 is 1. The van der Waals surface area contributed by atoms with Gasteiger partial charge >= 0.3 is 0 Å². The van der Waals surface area contributed by atoms with Crippen molar-refractivity contribution >= 4 is 40.1 Å². The topological polar surface area (TPSA) is 149 Å². The number of carbonyl (C=O) groups is 3. The van der Waals surface area contributed by atoms with Crippen LogP contribution in [-0.4, -0.2) is 118 Å². The van der Waals surface area contributed by atoms with Gasteiger partial charge in [0, 0.05) is 58.0 Å². The van der Waals surface area contributed by atoms with E-state index in [0.717, 1.165) is 79.1 Å². The molecule has 4 aromatic rings. The SMILES string of the molecule is COc1c(N2CC3(CCN(CCC4CCN(c5cc(-c6n[nH]c7ccc(OC8(C)CC8)cc67)ncn5)CC4)CC3(F)F)C2)ccc2c1CN(C1CCC(=O)NC1=O)C2=O.[HH].[HH]. The first kappa shape index (κ1) is 37.9. The van der Waals surface area contributed by atoms with Crippen LogP contribution in [0.1, 0.15) is 77.1 Å². The molecule has 0 bridgehead atoms. The van der Waals surface area contributed by atoms with Crippen molar-refractivity contribution in [3.8, 4) is 22.9 Å². The van der Waals surface area contributed by atoms with Gasteiger partial charge in [0.15, 0.2) is 0 Å². The van der Waals surface area contributed by atoms with Gasteiger partial charge in [0.05, 0.1) is 42.5 Å². The number of imide groups is 1. The molecule has 5 aliphatic heterocycles. The Kier molecular flexibility index (Phi) is 9.07. The molecule has 6 aliphatic rings. The molecule has 16 heteroatoms. The van der Waals surface area contributed by atoms with Crippen molar-refractivity contribution in [3.05, 3.63) is 53.9 Å². The van der Waals surface area contributed by atoms with Gasteiger partial charge in [-0.25, -0.2) is 18.7 Å². The third-order valence-electron chi connectivity index (χ3n) is 13.8. The number of aromatic amines is 1. The molecule has 14 nitrogen and oxygen atoms in total. The molecule has 314 valence electrons. The van der Waals surface area contributed by atoms with Gasteiger partial charge in [-0.05, 0) is 101 Å². The summed E-state index contributed by atoms with van der Waals surface area (Å²) in [6.07, 6.45) is 7.34. The number of likely N-dealkylation sites (tertiary alicyclic amines) is 1. The number of hydrogen-bond donors (Lipinski definition) is 2. The molecule has 1 unspecified atom stereocenters. The summed E-state index contributed by atoms with van der Waals surface area (Å²) >= 11 is 0. The lowest BCUT2D eigenvalue weighted by molar-refractivity contribution is -0.180. The number of H-pyrrole nitrogens is 1. The minimum Gasteiger partial charge on any atom is -0.494 e. The van der Waals surface area contributed by atoms with Gasteiger partial charge in [-0.2, -0.15) is 5.10 Å². The fourth-order valence-electron chi connectivity index (χ4n) is 9.88. The number of carbonyl (C=O) groups excluding carboxylic acids is 3. The first-order chi connectivity index (χ1) is 28.4. The van der Waals surface area contributed by atoms with E-state index in [0.29, 0.717) is 48.0 Å². The van der Waals surface area contributed by atoms with Crippen LogP contribution < -0.4 is 24.6 Å². The van der Waals surface area contributed by atoms with Gasteiger partial charge in [-0.15, -0.1) is 0 Å². The summed E-state index contributed by atoms with van der Waals surface area (Å²) in [5, 5.41) is 11.0. The van der Waals surface area contributed by atoms with E-state index in [9.17, 15) is 14.4 Å². The quantitative estimate of drug-likeness (QED) is 0.191. The van der Waals surface area contributed by atoms with E-state index in [4.69, 9.17) is 9.47 Å². The molecular formula is C43H53F2N9O5. The van der Waals surface area contributed by atoms with Crippen molar-refractivity contribution in [1.82, 2.24) is 35.3 Å². The number of hydrogen-bond acceptors (Lipinski definition) is 11. The average molecular weight is 814 g/mol. The summed E-state index contributed by atoms with van der Waals surface area (Å²) in [6, 6.07) is 10.7. The molecule has 2 aromatic carbocycles. The smallest absolute Gasteiger partial charge is 0.269 e. The van der Waals surface area contributed by atoms with Crippen LogP contribution in [0.5, 0.6) is 11.5 Å². The zero-order valence-corrected chi connectivity index (χ0v) is 33.4. The first-order valence-electron chi connectivity index (χ1n) is 20.9. The number of ether oxygens (including phenoxy) is 2. The summed E-state index contributed by atoms with van der Waals surface area (Å²) in [4.78, 5) is 54.4. The van der Waals surface area contributed by atoms with E-state index < -0.39 is 23.3 Å². The van der Waals surface area contributed by atoms with Crippen LogP contribution in [0, 0.1) is 11.3 Å². The summed E-state index contributed by atoms with van der Waals surface area (Å²) in [7, 11) is 1.52. The number of piperidine rings is 3. The Labute approximate surface area is 343 Å². The van der Waals surface area contributed by atoms with Crippen LogP contribution in [0.15, 0.2) is 42.7 Å². The summed E-state index contributed by atoms with van der Waals surface area (Å²) < 4.78 is 44.2. The molecule has 0 radical (unpaired) electrons. The van der Waals surface area contributed by atoms with Gasteiger partial charge in [0.2, 0.25) is 11.8 Å². The monoisotopic (exact) mass is 813 g/mol. The molecule has 1 atom stereocenters. The van der Waals surface area contributed by atoms with Crippen LogP contribution in [-0.2, 0) is 16.1 Å². The van der Waals surface area contributed by atoms with Gasteiger partial charge in [0.1, 0.15) is 41.0 Å². The van der Waals surface area contributed by atoms with Crippen molar-refractivity contribution in [3.63, 3.8) is 0 Å². The second kappa shape index (κ2) is 14.1. The van der Waals surface area contributed by atoms with E-state index in [1.807, 2.05) is 34.1 Å². The third kappa shape index (κ3) is 6.72. The first-order valence-corrected chi connectivity index (χ1v) is 20.9. The standard InChI is InChI=1S/C43H49F2N9O5.2H2/c1-41(12-13-41)59-27-3-5-31-29(19-27)37(50-49-31)32-20-35(47-25-46-32)52-16-10-26(11-17-52)9-15-51-18-14-42(43(44,45)24-51)22-53(23-42)33-6-4-28-30(38(33)58-2)21-54(40(28)57)34-7-8-36(55)48-39(34)56;;/h3-6,19-20,25-26,34H,7-18,21-24H2,1-2H3,(H,49,50)(H,48,55,56);2*1H. The van der Waals surface area contributed by atoms with Crippen LogP contribution >= 0.6 is 0 Å². The molecule has 4 saturated heterocycles. The molecule has 2 aromatic heterocycles. The predicted octanol–water partition coefficient (Wildman–Crippen LogP) is 5.67. The molecule has 5 fully saturated rings. The van der Waals surface area contributed by atoms with E-state index in [1.54, 1.807) is 18.5 Å². The van der Waals surface area contributed by atoms with Gasteiger partial charge in [-0.3, -0.25) is 29.7 Å². The van der Waals surface area contributed by atoms with Crippen molar-refractivity contribution in [1.29, 1.82) is 0 Å². The highest BCUT2D eigenvalue weighted by molar-refractivity contribution is 6.06. The Morgan fingerprint density at radius 2 is 1.76 bits per heavy atom. The molecule has 7 heterocycles. The normalized spacial score (nSPS) is 23.7. The Morgan fingerprint density at radius 3 is 2.51 bits per heavy atom. The Balaban J connectivity index is 0.00000257. The zero-order chi connectivity index (χ0) is 40.7. The number of nitrogens with one attached hydrogen (secondary N) is 2. The van der Waals surface area contributed by atoms with Gasteiger partial charge in [-0.1, -0.05) is 0 Å². The van der Waals surface area contributed by atoms with Crippen molar-refractivity contribution < 1.29 is 35.5 Å². The number of rotatable bonds is 10. The highest BCUT2D eigenvalue weighted by atomic mass is 19.3. The fourth-order valence-corrected chi connectivity index (χ4v) is 9.88. The summed E-state index contributed by atoms with van der Waals surface area (Å²) in [5.74, 6) is -1.38. The maximum absolute atomic E-state index is 16.1. The third-order valence-corrected chi connectivity index (χ3v) is 13.8. The van der Waals surface area contributed by atoms with Crippen LogP contribution in [0.25, 0.3) is 22.3 Å². The van der Waals surface area contributed by atoms with Crippen LogP contribution in [0.2, 0.25) is 0 Å². The minimum absolute atomic E-state index is 0. The minimum atomic E-state index is -2.86. The van der Waals surface area contributed by atoms with E-state index >= 15 is 8.78 Å². The number of anilines is 2. The van der Waals surface area contributed by atoms with Gasteiger partial charge < -0.3 is 24.2 Å². The Hall–Kier alpha value is -5.38. The highest BCUT2D eigenvalue weighted by Gasteiger charge is 2.63. The zero-order valence-electron chi connectivity index (χ0n) is 33.4. The summed E-state index contributed by atoms with van der Waals surface area (Å²) in [5.41, 5.74) is 2.97. The number of halogens is 2. The highest BCUT2D eigenvalue weighted by Crippen LogP contribution is 2.53. The number of benzene rings is 2. The number of amides is 3. The lowest BCUT2D eigenvalue weighted by Gasteiger charge is -2.58. The molecule has 3 amide bonds. The van der Waals surface area contributed by atoms with Gasteiger partial charge in [0.25, 0.3) is 11.8 Å². The lowest BCUT2D eigenvalue weighted by Crippen LogP contribution is -2.70. The molecule has 10 rings (SSSR count). The molecule has 59 heavy (non-hydrogen) atoms. The number of fused-ring (bicyclic) bond motifs is 2. The second-order valence-electron chi connectivity index (χ2n) is 17.7. The Bertz CT molecular complexity index is 2350. The summed E-state index contributed by atoms with van der Waals surface area (Å²) in [6.45, 7) is 5.36. The molecule has 1 saturated carbocycles. The molecule has 1 spiro atoms. The number of aromatic nitrogens is 4. The average Bonchev–Trinajstić information content (AvgIpc) is 3.63. The molecule has 2 N–H and O–H groups in total. The van der Waals surface area contributed by atoms with E-state index in [1.165, 1.54) is 12.0 Å². The van der Waals surface area contributed by atoms with Crippen LogP contribution in [0.4, 0.5) is 20.3 Å². The van der Waals surface area contributed by atoms with Crippen molar-refractivity contribution in [2.75, 3.05) is 62.7 Å². The molecular weight excluding hydrogens is 761 g/mol. The maximum atomic E-state index is 16.1. The fraction of sp³-hybridized carbons (Fsp3) is 0.535. The second-order valence-corrected chi connectivity index (χ2v) is 17.7. The number of alkyl halides is 2. The van der Waals surface area contributed by atoms with Crippen molar-refractivity contribution in [2.24, 2.45) is 11.3 Å². The Morgan fingerprint density at radius 1 is 0.949 bits per heavy atom. The van der Waals surface area contributed by atoms with Crippen molar-refractivity contribution in [2.45, 2.75) is 82.4 Å². The van der Waals surface area contributed by atoms with E-state index in [-0.39, 0.29) is 59.3 Å².